The van der Waals surface area contributed by atoms with Gasteiger partial charge in [0.1, 0.15) is 24.4 Å². The molecule has 0 spiro atoms. The van der Waals surface area contributed by atoms with Crippen molar-refractivity contribution in [1.29, 1.82) is 0 Å². The Morgan fingerprint density at radius 1 is 0.725 bits per heavy atom. The van der Waals surface area contributed by atoms with Crippen LogP contribution in [0.3, 0.4) is 0 Å². The summed E-state index contributed by atoms with van der Waals surface area (Å²) in [4.78, 5) is 11.5. The van der Waals surface area contributed by atoms with Gasteiger partial charge >= 0.3 is 5.97 Å². The zero-order valence-corrected chi connectivity index (χ0v) is 30.0. The SMILES string of the molecule is C/C=C(\C)CCOC1OC(CO)C(O)C(O)[C@H]1O.C=C.CC.CCCOCCOCCOCCOCCC(=O)Oc1c(F)c(F)c(F)c(F)c1F. The molecule has 1 fully saturated rings. The molecule has 2 rings (SSSR count). The molecular formula is C34H55F5O12. The van der Waals surface area contributed by atoms with Gasteiger partial charge in [0.25, 0.3) is 0 Å². The summed E-state index contributed by atoms with van der Waals surface area (Å²) in [6.45, 7) is 18.3. The predicted molar refractivity (Wildman–Crippen MR) is 176 cm³/mol. The first-order chi connectivity index (χ1) is 24.4. The van der Waals surface area contributed by atoms with Crippen molar-refractivity contribution < 1.29 is 80.3 Å². The number of allylic oxidation sites excluding steroid dienone is 1. The predicted octanol–water partition coefficient (Wildman–Crippen LogP) is 4.14. The Hall–Kier alpha value is -2.58. The highest BCUT2D eigenvalue weighted by Crippen LogP contribution is 2.29. The summed E-state index contributed by atoms with van der Waals surface area (Å²) in [6.07, 6.45) is -2.89. The molecule has 0 bridgehead atoms. The highest BCUT2D eigenvalue weighted by atomic mass is 19.2. The molecule has 0 aliphatic carbocycles. The van der Waals surface area contributed by atoms with E-state index >= 15 is 0 Å². The number of rotatable bonds is 20. The Balaban J connectivity index is 0. The lowest BCUT2D eigenvalue weighted by molar-refractivity contribution is -0.300. The van der Waals surface area contributed by atoms with Crippen LogP contribution in [0.15, 0.2) is 24.8 Å². The molecule has 5 atom stereocenters. The van der Waals surface area contributed by atoms with Gasteiger partial charge in [0.15, 0.2) is 6.29 Å². The Labute approximate surface area is 296 Å². The first-order valence-corrected chi connectivity index (χ1v) is 16.5. The quantitative estimate of drug-likeness (QED) is 0.0287. The third-order valence-electron chi connectivity index (χ3n) is 6.42. The van der Waals surface area contributed by atoms with E-state index in [1.54, 1.807) is 0 Å². The van der Waals surface area contributed by atoms with Crippen molar-refractivity contribution in [2.24, 2.45) is 0 Å². The van der Waals surface area contributed by atoms with E-state index < -0.39 is 84.5 Å². The lowest BCUT2D eigenvalue weighted by Crippen LogP contribution is -2.59. The molecule has 17 heteroatoms. The van der Waals surface area contributed by atoms with Crippen LogP contribution in [0.2, 0.25) is 0 Å². The van der Waals surface area contributed by atoms with Gasteiger partial charge in [0, 0.05) is 6.61 Å². The first-order valence-electron chi connectivity index (χ1n) is 16.5. The van der Waals surface area contributed by atoms with Crippen molar-refractivity contribution in [1.82, 2.24) is 0 Å². The summed E-state index contributed by atoms with van der Waals surface area (Å²) in [5.74, 6) is -14.0. The normalized spacial score (nSPS) is 19.9. The maximum atomic E-state index is 13.4. The van der Waals surface area contributed by atoms with Gasteiger partial charge in [-0.2, -0.15) is 8.78 Å². The molecule has 4 N–H and O–H groups in total. The van der Waals surface area contributed by atoms with Gasteiger partial charge in [-0.05, 0) is 26.7 Å². The lowest BCUT2D eigenvalue weighted by Gasteiger charge is -2.39. The summed E-state index contributed by atoms with van der Waals surface area (Å²) in [6, 6.07) is 0. The van der Waals surface area contributed by atoms with E-state index in [0.29, 0.717) is 46.1 Å². The fourth-order valence-corrected chi connectivity index (χ4v) is 3.59. The third-order valence-corrected chi connectivity index (χ3v) is 6.42. The average molecular weight is 751 g/mol. The molecule has 1 heterocycles. The standard InChI is InChI=1S/C18H23F5O6.C12H22O6.C2H6.C2H4/c1-2-4-25-6-8-27-10-11-28-9-7-26-5-3-12(24)29-18-16(22)14(20)13(19)15(21)17(18)23;1-3-7(2)4-5-17-12-11(16)10(15)9(14)8(6-13)18-12;2*1-2/h2-11H2,1H3;3,8-16H,4-6H2,1-2H3;1-2H3;1-2H2/b;7-3+;;/t;8?,9?,10?,11-,12?;;/m.1../s1. The minimum Gasteiger partial charge on any atom is -0.420 e. The molecule has 1 aromatic carbocycles. The lowest BCUT2D eigenvalue weighted by atomic mass is 9.99. The Bertz CT molecular complexity index is 1070. The Morgan fingerprint density at radius 2 is 1.18 bits per heavy atom. The second kappa shape index (κ2) is 31.0. The molecule has 4 unspecified atom stereocenters. The van der Waals surface area contributed by atoms with E-state index in [1.807, 2.05) is 40.7 Å². The molecule has 12 nitrogen and oxygen atoms in total. The first kappa shape index (κ1) is 50.5. The highest BCUT2D eigenvalue weighted by Gasteiger charge is 2.43. The number of hydrogen-bond donors (Lipinski definition) is 4. The van der Waals surface area contributed by atoms with Crippen LogP contribution in [0.25, 0.3) is 0 Å². The second-order valence-corrected chi connectivity index (χ2v) is 10.0. The molecule has 298 valence electrons. The minimum absolute atomic E-state index is 0.120. The van der Waals surface area contributed by atoms with Gasteiger partial charge in [-0.3, -0.25) is 4.79 Å². The molecule has 1 aromatic rings. The van der Waals surface area contributed by atoms with E-state index in [1.165, 1.54) is 0 Å². The van der Waals surface area contributed by atoms with Crippen molar-refractivity contribution in [3.63, 3.8) is 0 Å². The summed E-state index contributed by atoms with van der Waals surface area (Å²) in [5, 5.41) is 37.8. The number of esters is 1. The van der Waals surface area contributed by atoms with Crippen molar-refractivity contribution in [3.05, 3.63) is 53.9 Å². The highest BCUT2D eigenvalue weighted by molar-refractivity contribution is 5.72. The number of carbonyl (C=O) groups is 1. The van der Waals surface area contributed by atoms with Gasteiger partial charge in [-0.1, -0.05) is 32.4 Å². The maximum absolute atomic E-state index is 13.4. The maximum Gasteiger partial charge on any atom is 0.313 e. The summed E-state index contributed by atoms with van der Waals surface area (Å²) < 4.78 is 101. The molecule has 1 aliphatic rings. The van der Waals surface area contributed by atoms with Crippen LogP contribution in [0.5, 0.6) is 5.75 Å². The van der Waals surface area contributed by atoms with Gasteiger partial charge < -0.3 is 53.6 Å². The Kier molecular flexibility index (Phi) is 30.7. The molecule has 0 radical (unpaired) electrons. The zero-order valence-electron chi connectivity index (χ0n) is 30.0. The van der Waals surface area contributed by atoms with Gasteiger partial charge in [-0.15, -0.1) is 13.2 Å². The molecule has 1 aliphatic heterocycles. The minimum atomic E-state index is -2.33. The zero-order chi connectivity index (χ0) is 39.4. The van der Waals surface area contributed by atoms with E-state index in [2.05, 4.69) is 17.9 Å². The van der Waals surface area contributed by atoms with Crippen LogP contribution in [-0.2, 0) is 33.2 Å². The number of halogens is 5. The number of ether oxygens (including phenoxy) is 7. The van der Waals surface area contributed by atoms with Crippen LogP contribution < -0.4 is 4.74 Å². The third kappa shape index (κ3) is 19.7. The van der Waals surface area contributed by atoms with Crippen molar-refractivity contribution in [2.75, 3.05) is 66.1 Å². The number of aliphatic hydroxyl groups is 4. The van der Waals surface area contributed by atoms with E-state index in [-0.39, 0.29) is 19.8 Å². The van der Waals surface area contributed by atoms with Gasteiger partial charge in [0.05, 0.1) is 65.9 Å². The van der Waals surface area contributed by atoms with Gasteiger partial charge in [-0.25, -0.2) is 13.2 Å². The van der Waals surface area contributed by atoms with E-state index in [0.717, 1.165) is 12.0 Å². The average Bonchev–Trinajstić information content (AvgIpc) is 3.15. The molecule has 0 aromatic heterocycles. The molecule has 0 amide bonds. The van der Waals surface area contributed by atoms with E-state index in [9.17, 15) is 42.1 Å². The molecular weight excluding hydrogens is 695 g/mol. The van der Waals surface area contributed by atoms with Crippen molar-refractivity contribution in [2.45, 2.75) is 84.6 Å². The van der Waals surface area contributed by atoms with Crippen molar-refractivity contribution >= 4 is 5.97 Å². The second-order valence-electron chi connectivity index (χ2n) is 10.0. The topological polar surface area (TPSA) is 163 Å². The largest absolute Gasteiger partial charge is 0.420 e. The summed E-state index contributed by atoms with van der Waals surface area (Å²) in [7, 11) is 0. The number of carbonyl (C=O) groups excluding carboxylic acids is 1. The van der Waals surface area contributed by atoms with Crippen LogP contribution in [0.4, 0.5) is 22.0 Å². The fraction of sp³-hybridized carbons (Fsp3) is 0.676. The van der Waals surface area contributed by atoms with Crippen LogP contribution in [0.1, 0.15) is 53.9 Å². The van der Waals surface area contributed by atoms with Crippen LogP contribution in [-0.4, -0.2) is 123 Å². The molecule has 1 saturated heterocycles. The van der Waals surface area contributed by atoms with Gasteiger partial charge in [0.2, 0.25) is 34.8 Å². The van der Waals surface area contributed by atoms with Crippen molar-refractivity contribution in [3.8, 4) is 5.75 Å². The summed E-state index contributed by atoms with van der Waals surface area (Å²) in [5.41, 5.74) is 1.14. The van der Waals surface area contributed by atoms with E-state index in [4.69, 9.17) is 33.5 Å². The number of benzene rings is 1. The Morgan fingerprint density at radius 3 is 1.63 bits per heavy atom. The fourth-order valence-electron chi connectivity index (χ4n) is 3.59. The molecule has 0 saturated carbocycles. The number of hydrogen-bond acceptors (Lipinski definition) is 12. The van der Waals surface area contributed by atoms with Crippen LogP contribution in [0, 0.1) is 29.1 Å². The van der Waals surface area contributed by atoms with Crippen LogP contribution >= 0.6 is 0 Å². The molecule has 51 heavy (non-hydrogen) atoms. The summed E-state index contributed by atoms with van der Waals surface area (Å²) >= 11 is 0. The monoisotopic (exact) mass is 750 g/mol. The number of aliphatic hydroxyl groups excluding tert-OH is 4. The smallest absolute Gasteiger partial charge is 0.313 e.